The van der Waals surface area contributed by atoms with E-state index in [1.807, 2.05) is 38.1 Å². The number of nitrogens with zero attached hydrogens (tertiary/aromatic N) is 1. The molecule has 0 aliphatic heterocycles. The van der Waals surface area contributed by atoms with E-state index in [0.29, 0.717) is 0 Å². The van der Waals surface area contributed by atoms with Gasteiger partial charge in [-0.1, -0.05) is 51.0 Å². The number of ketones is 1. The molecule has 18 heavy (non-hydrogen) atoms. The lowest BCUT2D eigenvalue weighted by Gasteiger charge is -2.16. The van der Waals surface area contributed by atoms with Crippen molar-refractivity contribution in [1.29, 1.82) is 5.26 Å². The highest BCUT2D eigenvalue weighted by molar-refractivity contribution is 5.90. The van der Waals surface area contributed by atoms with E-state index >= 15 is 0 Å². The van der Waals surface area contributed by atoms with Crippen LogP contribution in [-0.4, -0.2) is 5.78 Å². The van der Waals surface area contributed by atoms with Crippen molar-refractivity contribution in [2.24, 2.45) is 5.92 Å². The summed E-state index contributed by atoms with van der Waals surface area (Å²) in [5, 5.41) is 9.28. The van der Waals surface area contributed by atoms with Crippen molar-refractivity contribution in [2.75, 3.05) is 0 Å². The first-order valence-electron chi connectivity index (χ1n) is 6.60. The van der Waals surface area contributed by atoms with Gasteiger partial charge in [0.25, 0.3) is 0 Å². The monoisotopic (exact) mass is 243 g/mol. The largest absolute Gasteiger partial charge is 0.298 e. The lowest BCUT2D eigenvalue weighted by atomic mass is 9.85. The van der Waals surface area contributed by atoms with Crippen molar-refractivity contribution in [1.82, 2.24) is 0 Å². The zero-order valence-corrected chi connectivity index (χ0v) is 11.4. The first-order valence-corrected chi connectivity index (χ1v) is 6.60. The molecule has 0 fully saturated rings. The Hall–Kier alpha value is -1.62. The molecule has 2 nitrogen and oxygen atoms in total. The normalized spacial score (nSPS) is 13.7. The zero-order valence-electron chi connectivity index (χ0n) is 11.4. The molecule has 0 spiro atoms. The van der Waals surface area contributed by atoms with Gasteiger partial charge in [0.05, 0.1) is 6.07 Å². The van der Waals surface area contributed by atoms with Gasteiger partial charge in [-0.15, -0.1) is 0 Å². The van der Waals surface area contributed by atoms with Gasteiger partial charge in [0, 0.05) is 5.92 Å². The SMILES string of the molecule is CCCCC(C)C(=O)C(C#N)c1ccccc1C. The van der Waals surface area contributed by atoms with E-state index in [2.05, 4.69) is 13.0 Å². The second kappa shape index (κ2) is 6.96. The van der Waals surface area contributed by atoms with Crippen LogP contribution in [0.25, 0.3) is 0 Å². The highest BCUT2D eigenvalue weighted by Crippen LogP contribution is 2.25. The molecule has 0 amide bonds. The van der Waals surface area contributed by atoms with Crippen molar-refractivity contribution < 1.29 is 4.79 Å². The van der Waals surface area contributed by atoms with Crippen LogP contribution >= 0.6 is 0 Å². The molecule has 0 saturated heterocycles. The summed E-state index contributed by atoms with van der Waals surface area (Å²) in [5.74, 6) is -0.590. The lowest BCUT2D eigenvalue weighted by Crippen LogP contribution is -2.19. The molecule has 0 aromatic heterocycles. The Balaban J connectivity index is 2.88. The lowest BCUT2D eigenvalue weighted by molar-refractivity contribution is -0.122. The second-order valence-corrected chi connectivity index (χ2v) is 4.86. The maximum absolute atomic E-state index is 12.3. The average Bonchev–Trinajstić information content (AvgIpc) is 2.38. The van der Waals surface area contributed by atoms with Crippen LogP contribution in [0.4, 0.5) is 0 Å². The number of nitriles is 1. The van der Waals surface area contributed by atoms with Crippen LogP contribution < -0.4 is 0 Å². The maximum atomic E-state index is 12.3. The fourth-order valence-corrected chi connectivity index (χ4v) is 2.13. The summed E-state index contributed by atoms with van der Waals surface area (Å²) in [7, 11) is 0. The summed E-state index contributed by atoms with van der Waals surface area (Å²) in [5.41, 5.74) is 1.87. The highest BCUT2D eigenvalue weighted by atomic mass is 16.1. The van der Waals surface area contributed by atoms with Gasteiger partial charge in [-0.3, -0.25) is 4.79 Å². The van der Waals surface area contributed by atoms with E-state index in [-0.39, 0.29) is 11.7 Å². The van der Waals surface area contributed by atoms with Crippen molar-refractivity contribution >= 4 is 5.78 Å². The van der Waals surface area contributed by atoms with E-state index < -0.39 is 5.92 Å². The Kier molecular flexibility index (Phi) is 5.58. The van der Waals surface area contributed by atoms with E-state index in [9.17, 15) is 10.1 Å². The van der Waals surface area contributed by atoms with Crippen molar-refractivity contribution in [3.05, 3.63) is 35.4 Å². The van der Waals surface area contributed by atoms with Gasteiger partial charge in [0.15, 0.2) is 5.78 Å². The fourth-order valence-electron chi connectivity index (χ4n) is 2.13. The summed E-state index contributed by atoms with van der Waals surface area (Å²) in [6.07, 6.45) is 3.00. The number of benzene rings is 1. The van der Waals surface area contributed by atoms with E-state index in [1.165, 1.54) is 0 Å². The van der Waals surface area contributed by atoms with Gasteiger partial charge < -0.3 is 0 Å². The molecule has 1 aromatic carbocycles. The van der Waals surface area contributed by atoms with Crippen LogP contribution in [0.1, 0.15) is 50.2 Å². The molecule has 0 aliphatic rings. The van der Waals surface area contributed by atoms with Gasteiger partial charge in [0.1, 0.15) is 5.92 Å². The fraction of sp³-hybridized carbons (Fsp3) is 0.500. The van der Waals surface area contributed by atoms with Gasteiger partial charge >= 0.3 is 0 Å². The van der Waals surface area contributed by atoms with Gasteiger partial charge in [-0.05, 0) is 24.5 Å². The maximum Gasteiger partial charge on any atom is 0.157 e. The Morgan fingerprint density at radius 3 is 2.61 bits per heavy atom. The molecule has 1 aromatic rings. The third-order valence-electron chi connectivity index (χ3n) is 3.39. The summed E-state index contributed by atoms with van der Waals surface area (Å²) >= 11 is 0. The Bertz CT molecular complexity index is 445. The topological polar surface area (TPSA) is 40.9 Å². The Morgan fingerprint density at radius 2 is 2.06 bits per heavy atom. The Labute approximate surface area is 110 Å². The molecule has 0 aliphatic carbocycles. The minimum absolute atomic E-state index is 0.0331. The minimum atomic E-state index is -0.613. The van der Waals surface area contributed by atoms with Crippen molar-refractivity contribution in [3.8, 4) is 6.07 Å². The minimum Gasteiger partial charge on any atom is -0.298 e. The zero-order chi connectivity index (χ0) is 13.5. The average molecular weight is 243 g/mol. The number of hydrogen-bond acceptors (Lipinski definition) is 2. The summed E-state index contributed by atoms with van der Waals surface area (Å²) in [4.78, 5) is 12.3. The molecule has 2 atom stereocenters. The van der Waals surface area contributed by atoms with Crippen LogP contribution in [0, 0.1) is 24.2 Å². The first kappa shape index (κ1) is 14.4. The van der Waals surface area contributed by atoms with Crippen LogP contribution in [0.15, 0.2) is 24.3 Å². The number of carbonyl (C=O) groups is 1. The third-order valence-corrected chi connectivity index (χ3v) is 3.39. The molecule has 96 valence electrons. The standard InChI is InChI=1S/C16H21NO/c1-4-5-8-13(3)16(18)15(11-17)14-10-7-6-9-12(14)2/h6-7,9-10,13,15H,4-5,8H2,1-3H3. The van der Waals surface area contributed by atoms with Gasteiger partial charge in [0.2, 0.25) is 0 Å². The van der Waals surface area contributed by atoms with E-state index in [0.717, 1.165) is 30.4 Å². The molecular weight excluding hydrogens is 222 g/mol. The summed E-state index contributed by atoms with van der Waals surface area (Å²) in [6.45, 7) is 5.99. The number of hydrogen-bond donors (Lipinski definition) is 0. The van der Waals surface area contributed by atoms with Crippen LogP contribution in [0.2, 0.25) is 0 Å². The van der Waals surface area contributed by atoms with E-state index in [4.69, 9.17) is 0 Å². The molecule has 0 heterocycles. The molecule has 0 bridgehead atoms. The second-order valence-electron chi connectivity index (χ2n) is 4.86. The number of rotatable bonds is 6. The number of aryl methyl sites for hydroxylation is 1. The summed E-state index contributed by atoms with van der Waals surface area (Å²) < 4.78 is 0. The van der Waals surface area contributed by atoms with Gasteiger partial charge in [-0.2, -0.15) is 5.26 Å². The molecular formula is C16H21NO. The number of carbonyl (C=O) groups excluding carboxylic acids is 1. The third kappa shape index (κ3) is 3.43. The van der Waals surface area contributed by atoms with Crippen molar-refractivity contribution in [2.45, 2.75) is 46.0 Å². The predicted octanol–water partition coefficient (Wildman–Crippen LogP) is 4.00. The highest BCUT2D eigenvalue weighted by Gasteiger charge is 2.25. The number of unbranched alkanes of at least 4 members (excludes halogenated alkanes) is 1. The van der Waals surface area contributed by atoms with Crippen molar-refractivity contribution in [3.63, 3.8) is 0 Å². The molecule has 0 N–H and O–H groups in total. The molecule has 2 heteroatoms. The first-order chi connectivity index (χ1) is 8.61. The predicted molar refractivity (Wildman–Crippen MR) is 73.2 cm³/mol. The smallest absolute Gasteiger partial charge is 0.157 e. The van der Waals surface area contributed by atoms with Gasteiger partial charge in [-0.25, -0.2) is 0 Å². The molecule has 1 rings (SSSR count). The van der Waals surface area contributed by atoms with Crippen LogP contribution in [0.5, 0.6) is 0 Å². The molecule has 0 saturated carbocycles. The van der Waals surface area contributed by atoms with Crippen LogP contribution in [-0.2, 0) is 4.79 Å². The Morgan fingerprint density at radius 1 is 1.39 bits per heavy atom. The molecule has 0 radical (unpaired) electrons. The van der Waals surface area contributed by atoms with Crippen LogP contribution in [0.3, 0.4) is 0 Å². The number of Topliss-reactive ketones (excluding diaryl/α,β-unsaturated/α-hetero) is 1. The van der Waals surface area contributed by atoms with E-state index in [1.54, 1.807) is 0 Å². The summed E-state index contributed by atoms with van der Waals surface area (Å²) in [6, 6.07) is 9.81. The quantitative estimate of drug-likeness (QED) is 0.757. The molecule has 2 unspecified atom stereocenters.